The number of guanidine groups is 1. The molecule has 1 aromatic rings. The molecule has 3 rings (SSSR count). The summed E-state index contributed by atoms with van der Waals surface area (Å²) in [6, 6.07) is 7.94. The van der Waals surface area contributed by atoms with Gasteiger partial charge in [0.2, 0.25) is 0 Å². The second-order valence-corrected chi connectivity index (χ2v) is 7.67. The molecular formula is C21H33N5O2. The minimum absolute atomic E-state index is 0.00986. The average molecular weight is 388 g/mol. The second kappa shape index (κ2) is 10.3. The molecule has 0 unspecified atom stereocenters. The molecule has 154 valence electrons. The van der Waals surface area contributed by atoms with Crippen molar-refractivity contribution in [2.24, 2.45) is 10.9 Å². The summed E-state index contributed by atoms with van der Waals surface area (Å²) >= 11 is 0. The van der Waals surface area contributed by atoms with Crippen molar-refractivity contribution in [3.8, 4) is 0 Å². The Morgan fingerprint density at radius 2 is 2.11 bits per heavy atom. The third-order valence-corrected chi connectivity index (χ3v) is 5.22. The van der Waals surface area contributed by atoms with Crippen molar-refractivity contribution in [3.05, 3.63) is 29.8 Å². The number of anilines is 1. The number of rotatable bonds is 8. The van der Waals surface area contributed by atoms with Gasteiger partial charge < -0.3 is 25.2 Å². The van der Waals surface area contributed by atoms with E-state index in [1.54, 1.807) is 7.05 Å². The molecule has 1 saturated carbocycles. The number of ether oxygens (including phenoxy) is 1. The van der Waals surface area contributed by atoms with E-state index >= 15 is 0 Å². The standard InChI is InChI=1S/C21H33N5O2/c1-22-20(25(2)12-13-28-16-17-8-9-17)23-15-18-6-5-7-19(14-18)24-21(27)26-10-3-4-11-26/h5-7,14,17H,3-4,8-13,15-16H2,1-2H3,(H,22,23)(H,24,27). The summed E-state index contributed by atoms with van der Waals surface area (Å²) in [5.41, 5.74) is 1.92. The first kappa shape index (κ1) is 20.5. The van der Waals surface area contributed by atoms with Crippen LogP contribution in [0, 0.1) is 5.92 Å². The van der Waals surface area contributed by atoms with Gasteiger partial charge >= 0.3 is 6.03 Å². The van der Waals surface area contributed by atoms with E-state index in [9.17, 15) is 4.79 Å². The number of urea groups is 1. The van der Waals surface area contributed by atoms with Crippen LogP contribution in [0.5, 0.6) is 0 Å². The molecule has 2 fully saturated rings. The number of hydrogen-bond acceptors (Lipinski definition) is 3. The summed E-state index contributed by atoms with van der Waals surface area (Å²) in [7, 11) is 3.80. The zero-order chi connectivity index (χ0) is 19.8. The topological polar surface area (TPSA) is 69.2 Å². The fourth-order valence-electron chi connectivity index (χ4n) is 3.29. The number of carbonyl (C=O) groups excluding carboxylic acids is 1. The molecule has 0 radical (unpaired) electrons. The number of nitrogens with zero attached hydrogens (tertiary/aromatic N) is 3. The van der Waals surface area contributed by atoms with Crippen molar-refractivity contribution in [1.82, 2.24) is 15.1 Å². The smallest absolute Gasteiger partial charge is 0.321 e. The number of nitrogens with one attached hydrogen (secondary N) is 2. The fourth-order valence-corrected chi connectivity index (χ4v) is 3.29. The molecule has 7 heteroatoms. The molecule has 7 nitrogen and oxygen atoms in total. The Hall–Kier alpha value is -2.28. The lowest BCUT2D eigenvalue weighted by atomic mass is 10.2. The fraction of sp³-hybridized carbons (Fsp3) is 0.619. The van der Waals surface area contributed by atoms with Crippen molar-refractivity contribution >= 4 is 17.7 Å². The lowest BCUT2D eigenvalue weighted by Gasteiger charge is -2.22. The maximum Gasteiger partial charge on any atom is 0.321 e. The number of aliphatic imine (C=N–C) groups is 1. The zero-order valence-electron chi connectivity index (χ0n) is 17.1. The van der Waals surface area contributed by atoms with Crippen molar-refractivity contribution in [2.75, 3.05) is 52.3 Å². The predicted molar refractivity (Wildman–Crippen MR) is 113 cm³/mol. The zero-order valence-corrected chi connectivity index (χ0v) is 17.1. The van der Waals surface area contributed by atoms with Gasteiger partial charge in [0.25, 0.3) is 0 Å². The Bertz CT molecular complexity index is 669. The minimum atomic E-state index is -0.00986. The van der Waals surface area contributed by atoms with Gasteiger partial charge in [-0.3, -0.25) is 4.99 Å². The highest BCUT2D eigenvalue weighted by atomic mass is 16.5. The van der Waals surface area contributed by atoms with E-state index in [0.29, 0.717) is 13.2 Å². The van der Waals surface area contributed by atoms with E-state index in [1.165, 1.54) is 12.8 Å². The Balaban J connectivity index is 1.43. The van der Waals surface area contributed by atoms with Crippen LogP contribution >= 0.6 is 0 Å². The molecule has 0 aromatic heterocycles. The first-order valence-electron chi connectivity index (χ1n) is 10.3. The van der Waals surface area contributed by atoms with Crippen LogP contribution in [0.25, 0.3) is 0 Å². The summed E-state index contributed by atoms with van der Waals surface area (Å²) in [5.74, 6) is 1.63. The van der Waals surface area contributed by atoms with Crippen LogP contribution in [0.3, 0.4) is 0 Å². The van der Waals surface area contributed by atoms with Crippen molar-refractivity contribution < 1.29 is 9.53 Å². The van der Waals surface area contributed by atoms with Crippen LogP contribution < -0.4 is 10.6 Å². The van der Waals surface area contributed by atoms with E-state index in [4.69, 9.17) is 4.74 Å². The van der Waals surface area contributed by atoms with E-state index in [-0.39, 0.29) is 6.03 Å². The SMILES string of the molecule is CN=C(NCc1cccc(NC(=O)N2CCCC2)c1)N(C)CCOCC1CC1. The van der Waals surface area contributed by atoms with Gasteiger partial charge in [0.15, 0.2) is 5.96 Å². The summed E-state index contributed by atoms with van der Waals surface area (Å²) in [6.45, 7) is 4.74. The van der Waals surface area contributed by atoms with Gasteiger partial charge in [-0.25, -0.2) is 4.79 Å². The van der Waals surface area contributed by atoms with Gasteiger partial charge in [0.1, 0.15) is 0 Å². The monoisotopic (exact) mass is 387 g/mol. The van der Waals surface area contributed by atoms with Crippen molar-refractivity contribution in [2.45, 2.75) is 32.2 Å². The molecule has 1 aliphatic carbocycles. The number of likely N-dealkylation sites (N-methyl/N-ethyl adjacent to an activating group) is 1. The number of amides is 2. The van der Waals surface area contributed by atoms with Crippen molar-refractivity contribution in [3.63, 3.8) is 0 Å². The van der Waals surface area contributed by atoms with Crippen LogP contribution in [0.4, 0.5) is 10.5 Å². The lowest BCUT2D eigenvalue weighted by molar-refractivity contribution is 0.115. The molecule has 28 heavy (non-hydrogen) atoms. The van der Waals surface area contributed by atoms with E-state index in [0.717, 1.165) is 62.2 Å². The summed E-state index contributed by atoms with van der Waals surface area (Å²) in [5, 5.41) is 6.38. The van der Waals surface area contributed by atoms with E-state index in [2.05, 4.69) is 20.5 Å². The molecule has 1 heterocycles. The van der Waals surface area contributed by atoms with E-state index in [1.807, 2.05) is 36.2 Å². The van der Waals surface area contributed by atoms with Crippen LogP contribution in [0.1, 0.15) is 31.2 Å². The maximum absolute atomic E-state index is 12.3. The Morgan fingerprint density at radius 3 is 2.82 bits per heavy atom. The molecule has 0 bridgehead atoms. The van der Waals surface area contributed by atoms with Crippen molar-refractivity contribution in [1.29, 1.82) is 0 Å². The second-order valence-electron chi connectivity index (χ2n) is 7.67. The van der Waals surface area contributed by atoms with Crippen LogP contribution in [0.15, 0.2) is 29.3 Å². The summed E-state index contributed by atoms with van der Waals surface area (Å²) < 4.78 is 5.71. The van der Waals surface area contributed by atoms with Gasteiger partial charge in [-0.05, 0) is 49.3 Å². The number of likely N-dealkylation sites (tertiary alicyclic amines) is 1. The van der Waals surface area contributed by atoms with Crippen LogP contribution in [0.2, 0.25) is 0 Å². The number of carbonyl (C=O) groups is 1. The first-order valence-corrected chi connectivity index (χ1v) is 10.3. The molecule has 2 aliphatic rings. The van der Waals surface area contributed by atoms with Gasteiger partial charge in [-0.1, -0.05) is 12.1 Å². The van der Waals surface area contributed by atoms with Crippen LogP contribution in [-0.2, 0) is 11.3 Å². The highest BCUT2D eigenvalue weighted by molar-refractivity contribution is 5.89. The molecule has 2 amide bonds. The summed E-state index contributed by atoms with van der Waals surface area (Å²) in [4.78, 5) is 20.6. The number of benzene rings is 1. The molecule has 0 atom stereocenters. The Kier molecular flexibility index (Phi) is 7.54. The largest absolute Gasteiger partial charge is 0.379 e. The van der Waals surface area contributed by atoms with E-state index < -0.39 is 0 Å². The lowest BCUT2D eigenvalue weighted by Crippen LogP contribution is -2.40. The normalized spacial score (nSPS) is 16.9. The quantitative estimate of drug-likeness (QED) is 0.409. The third kappa shape index (κ3) is 6.41. The van der Waals surface area contributed by atoms with Gasteiger partial charge in [-0.15, -0.1) is 0 Å². The molecule has 1 aromatic carbocycles. The first-order chi connectivity index (χ1) is 13.7. The number of hydrogen-bond donors (Lipinski definition) is 2. The molecule has 2 N–H and O–H groups in total. The van der Waals surface area contributed by atoms with Gasteiger partial charge in [0.05, 0.1) is 6.61 Å². The average Bonchev–Trinajstić information content (AvgIpc) is 3.35. The highest BCUT2D eigenvalue weighted by Gasteiger charge is 2.21. The Morgan fingerprint density at radius 1 is 1.32 bits per heavy atom. The highest BCUT2D eigenvalue weighted by Crippen LogP contribution is 2.28. The molecular weight excluding hydrogens is 354 g/mol. The van der Waals surface area contributed by atoms with Crippen LogP contribution in [-0.4, -0.2) is 68.7 Å². The van der Waals surface area contributed by atoms with Gasteiger partial charge in [-0.2, -0.15) is 0 Å². The molecule has 0 spiro atoms. The third-order valence-electron chi connectivity index (χ3n) is 5.22. The maximum atomic E-state index is 12.3. The van der Waals surface area contributed by atoms with Gasteiger partial charge in [0, 0.05) is 52.6 Å². The summed E-state index contributed by atoms with van der Waals surface area (Å²) in [6.07, 6.45) is 4.82. The minimum Gasteiger partial charge on any atom is -0.379 e. The predicted octanol–water partition coefficient (Wildman–Crippen LogP) is 2.75. The Labute approximate surface area is 168 Å². The molecule has 1 aliphatic heterocycles. The molecule has 1 saturated heterocycles.